The van der Waals surface area contributed by atoms with Gasteiger partial charge in [-0.25, -0.2) is 0 Å². The summed E-state index contributed by atoms with van der Waals surface area (Å²) in [5.74, 6) is -0.373. The number of allylic oxidation sites excluding steroid dienone is 4. The predicted octanol–water partition coefficient (Wildman–Crippen LogP) is 11.3. The first-order valence-corrected chi connectivity index (χ1v) is 21.6. The fourth-order valence-corrected chi connectivity index (χ4v) is 5.52. The van der Waals surface area contributed by atoms with E-state index in [1.807, 2.05) is 13.8 Å². The first-order chi connectivity index (χ1) is 25.4. The molecule has 0 aliphatic rings. The molecule has 2 unspecified atom stereocenters. The van der Waals surface area contributed by atoms with Crippen LogP contribution in [-0.4, -0.2) is 71.0 Å². The monoisotopic (exact) mass is 757 g/mol. The minimum absolute atomic E-state index is 0. The molecule has 53 heavy (non-hydrogen) atoms. The van der Waals surface area contributed by atoms with Gasteiger partial charge in [-0.15, -0.1) is 0 Å². The molecule has 316 valence electrons. The Morgan fingerprint density at radius 3 is 0.943 bits per heavy atom. The van der Waals surface area contributed by atoms with Crippen molar-refractivity contribution in [1.82, 2.24) is 0 Å². The number of esters is 2. The minimum atomic E-state index is -0.524. The van der Waals surface area contributed by atoms with Crippen molar-refractivity contribution >= 4 is 11.9 Å². The highest BCUT2D eigenvalue weighted by Gasteiger charge is 2.07. The number of aliphatic hydroxyl groups excluding tert-OH is 4. The smallest absolute Gasteiger partial charge is 0.305 e. The van der Waals surface area contributed by atoms with Crippen molar-refractivity contribution in [3.8, 4) is 0 Å². The summed E-state index contributed by atoms with van der Waals surface area (Å²) >= 11 is 0. The molecule has 0 aromatic rings. The van der Waals surface area contributed by atoms with Gasteiger partial charge in [0.05, 0.1) is 12.2 Å². The maximum Gasteiger partial charge on any atom is 0.305 e. The Labute approximate surface area is 327 Å². The second-order valence-corrected chi connectivity index (χ2v) is 14.3. The van der Waals surface area contributed by atoms with Crippen LogP contribution in [-0.2, 0) is 19.1 Å². The molecule has 0 spiro atoms. The van der Waals surface area contributed by atoms with Gasteiger partial charge in [0.25, 0.3) is 0 Å². The van der Waals surface area contributed by atoms with E-state index in [0.717, 1.165) is 64.2 Å². The largest absolute Gasteiger partial charge is 0.463 e. The van der Waals surface area contributed by atoms with E-state index in [0.29, 0.717) is 38.9 Å². The Bertz CT molecular complexity index is 720. The molecule has 0 radical (unpaired) electrons. The molecule has 0 aromatic heterocycles. The predicted molar refractivity (Wildman–Crippen MR) is 223 cm³/mol. The van der Waals surface area contributed by atoms with E-state index in [1.54, 1.807) is 0 Å². The number of hydrogen-bond donors (Lipinski definition) is 4. The van der Waals surface area contributed by atoms with Crippen LogP contribution in [0.5, 0.6) is 0 Å². The third-order valence-corrected chi connectivity index (χ3v) is 9.21. The molecule has 0 saturated heterocycles. The van der Waals surface area contributed by atoms with Gasteiger partial charge in [-0.3, -0.25) is 9.59 Å². The highest BCUT2D eigenvalue weighted by Crippen LogP contribution is 2.12. The first-order valence-electron chi connectivity index (χ1n) is 21.6. The summed E-state index contributed by atoms with van der Waals surface area (Å²) in [4.78, 5) is 22.9. The van der Waals surface area contributed by atoms with Crippen LogP contribution in [0.15, 0.2) is 24.3 Å². The average Bonchev–Trinajstić information content (AvgIpc) is 3.15. The van der Waals surface area contributed by atoms with E-state index in [9.17, 15) is 19.8 Å². The van der Waals surface area contributed by atoms with Crippen molar-refractivity contribution in [1.29, 1.82) is 0 Å². The summed E-state index contributed by atoms with van der Waals surface area (Å²) in [6.07, 6.45) is 40.7. The Hall–Kier alpha value is -1.74. The molecular weight excluding hydrogens is 668 g/mol. The van der Waals surface area contributed by atoms with Crippen LogP contribution in [0.25, 0.3) is 0 Å². The second kappa shape index (κ2) is 48.3. The second-order valence-electron chi connectivity index (χ2n) is 14.3. The van der Waals surface area contributed by atoms with Gasteiger partial charge in [0.15, 0.2) is 0 Å². The van der Waals surface area contributed by atoms with Crippen LogP contribution in [0, 0.1) is 0 Å². The van der Waals surface area contributed by atoms with Gasteiger partial charge in [-0.2, -0.15) is 0 Å². The van der Waals surface area contributed by atoms with E-state index in [4.69, 9.17) is 19.7 Å². The van der Waals surface area contributed by atoms with Crippen LogP contribution in [0.3, 0.4) is 0 Å². The third kappa shape index (κ3) is 50.3. The lowest BCUT2D eigenvalue weighted by Gasteiger charge is -2.08. The van der Waals surface area contributed by atoms with Crippen LogP contribution in [0.4, 0.5) is 0 Å². The van der Waals surface area contributed by atoms with Crippen LogP contribution in [0.1, 0.15) is 214 Å². The fraction of sp³-hybridized carbons (Fsp3) is 0.867. The highest BCUT2D eigenvalue weighted by molar-refractivity contribution is 5.69. The van der Waals surface area contributed by atoms with Crippen LogP contribution in [0.2, 0.25) is 0 Å². The lowest BCUT2D eigenvalue weighted by Crippen LogP contribution is -2.17. The van der Waals surface area contributed by atoms with E-state index < -0.39 is 12.2 Å². The number of carbonyl (C=O) groups excluding carboxylic acids is 2. The zero-order chi connectivity index (χ0) is 38.6. The molecule has 8 nitrogen and oxygen atoms in total. The highest BCUT2D eigenvalue weighted by atomic mass is 16.5. The van der Waals surface area contributed by atoms with Crippen LogP contribution < -0.4 is 0 Å². The number of ether oxygens (including phenoxy) is 2. The zero-order valence-corrected chi connectivity index (χ0v) is 33.9. The molecule has 0 aromatic carbocycles. The maximum absolute atomic E-state index is 11.5. The van der Waals surface area contributed by atoms with Gasteiger partial charge in [-0.1, -0.05) is 135 Å². The summed E-state index contributed by atoms with van der Waals surface area (Å²) in [6.45, 7) is 4.67. The molecule has 0 aliphatic heterocycles. The Morgan fingerprint density at radius 1 is 0.434 bits per heavy atom. The molecule has 0 rings (SSSR count). The quantitative estimate of drug-likeness (QED) is 0.0278. The molecule has 0 bridgehead atoms. The van der Waals surface area contributed by atoms with Crippen molar-refractivity contribution in [2.24, 2.45) is 0 Å². The Kier molecular flexibility index (Phi) is 50.6. The normalized spacial score (nSPS) is 12.3. The molecule has 2 atom stereocenters. The van der Waals surface area contributed by atoms with E-state index >= 15 is 0 Å². The van der Waals surface area contributed by atoms with Gasteiger partial charge >= 0.3 is 11.9 Å². The Balaban J connectivity index is -0.000000926. The van der Waals surface area contributed by atoms with E-state index in [-0.39, 0.29) is 32.6 Å². The van der Waals surface area contributed by atoms with Gasteiger partial charge in [0, 0.05) is 26.1 Å². The number of rotatable bonds is 38. The average molecular weight is 757 g/mol. The van der Waals surface area contributed by atoms with Crippen molar-refractivity contribution in [2.75, 3.05) is 26.4 Å². The molecular formula is C45H88O8. The number of aliphatic hydroxyl groups is 4. The van der Waals surface area contributed by atoms with Crippen molar-refractivity contribution in [3.63, 3.8) is 0 Å². The lowest BCUT2D eigenvalue weighted by atomic mass is 10.1. The number of unbranched alkanes of at least 4 members (excludes halogenated alkanes) is 22. The van der Waals surface area contributed by atoms with Gasteiger partial charge < -0.3 is 29.9 Å². The summed E-state index contributed by atoms with van der Waals surface area (Å²) < 4.78 is 10.0. The number of carbonyl (C=O) groups is 2. The minimum Gasteiger partial charge on any atom is -0.463 e. The lowest BCUT2D eigenvalue weighted by molar-refractivity contribution is -0.147. The molecule has 0 aliphatic carbocycles. The number of hydrogen-bond acceptors (Lipinski definition) is 8. The molecule has 0 amide bonds. The van der Waals surface area contributed by atoms with Gasteiger partial charge in [0.1, 0.15) is 13.2 Å². The summed E-state index contributed by atoms with van der Waals surface area (Å²) in [6, 6.07) is 0. The SMILES string of the molecule is C.CCC(O)COC(=O)CCCCCCC/C=C/CCCCCCCCO.CCC(O)COC(=O)CCCCCCC/C=C\CCCCCCCCO. The van der Waals surface area contributed by atoms with Crippen LogP contribution >= 0.6 is 0 Å². The first kappa shape index (κ1) is 55.6. The zero-order valence-electron chi connectivity index (χ0n) is 33.9. The molecule has 8 heteroatoms. The summed E-state index contributed by atoms with van der Waals surface area (Å²) in [7, 11) is 0. The summed E-state index contributed by atoms with van der Waals surface area (Å²) in [5, 5.41) is 36.1. The van der Waals surface area contributed by atoms with Crippen molar-refractivity contribution in [2.45, 2.75) is 226 Å². The fourth-order valence-electron chi connectivity index (χ4n) is 5.52. The van der Waals surface area contributed by atoms with E-state index in [1.165, 1.54) is 103 Å². The van der Waals surface area contributed by atoms with Crippen molar-refractivity contribution in [3.05, 3.63) is 24.3 Å². The van der Waals surface area contributed by atoms with E-state index in [2.05, 4.69) is 24.3 Å². The molecule has 0 saturated carbocycles. The molecule has 0 heterocycles. The summed E-state index contributed by atoms with van der Waals surface area (Å²) in [5.41, 5.74) is 0. The molecule has 0 fully saturated rings. The van der Waals surface area contributed by atoms with Gasteiger partial charge in [0.2, 0.25) is 0 Å². The van der Waals surface area contributed by atoms with Gasteiger partial charge in [-0.05, 0) is 89.9 Å². The standard InChI is InChI=1S/2C22H42O4.CH4/c2*1-2-21(24)20-26-22(25)18-16-14-12-10-8-6-4-3-5-7-9-11-13-15-17-19-23;/h2*3-4,21,23-24H,2,5-20H2,1H3;1H4/b4-3+;4-3-;. The Morgan fingerprint density at radius 2 is 0.679 bits per heavy atom. The topological polar surface area (TPSA) is 134 Å². The maximum atomic E-state index is 11.5. The third-order valence-electron chi connectivity index (χ3n) is 9.21. The molecule has 4 N–H and O–H groups in total. The van der Waals surface area contributed by atoms with Crippen molar-refractivity contribution < 1.29 is 39.5 Å².